The SMILES string of the molecule is CCN(CC)CCN(C(=O)c1cccc(C(=O)OC)n1)[C@H]1CCS(=O)(=O)C1. The number of hydrogen-bond donors (Lipinski definition) is 0. The van der Waals surface area contributed by atoms with Gasteiger partial charge in [-0.25, -0.2) is 18.2 Å². The van der Waals surface area contributed by atoms with Crippen LogP contribution in [0.15, 0.2) is 18.2 Å². The Morgan fingerprint density at radius 3 is 2.41 bits per heavy atom. The number of aromatic nitrogens is 1. The van der Waals surface area contributed by atoms with Crippen LogP contribution >= 0.6 is 0 Å². The highest BCUT2D eigenvalue weighted by Gasteiger charge is 2.35. The average Bonchev–Trinajstić information content (AvgIpc) is 3.03. The van der Waals surface area contributed by atoms with Crippen molar-refractivity contribution in [2.75, 3.05) is 44.8 Å². The van der Waals surface area contributed by atoms with Crippen molar-refractivity contribution >= 4 is 21.7 Å². The van der Waals surface area contributed by atoms with Crippen molar-refractivity contribution in [3.63, 3.8) is 0 Å². The fourth-order valence-electron chi connectivity index (χ4n) is 3.18. The molecule has 2 rings (SSSR count). The summed E-state index contributed by atoms with van der Waals surface area (Å²) in [5, 5.41) is 0. The molecule has 1 amide bonds. The third-order valence-corrected chi connectivity index (χ3v) is 6.57. The number of methoxy groups -OCH3 is 1. The summed E-state index contributed by atoms with van der Waals surface area (Å²) in [5.74, 6) is -0.937. The van der Waals surface area contributed by atoms with Crippen LogP contribution in [0.1, 0.15) is 41.2 Å². The van der Waals surface area contributed by atoms with Crippen molar-refractivity contribution in [3.8, 4) is 0 Å². The van der Waals surface area contributed by atoms with Crippen molar-refractivity contribution in [3.05, 3.63) is 29.6 Å². The lowest BCUT2D eigenvalue weighted by Gasteiger charge is -2.30. The first-order valence-corrected chi connectivity index (χ1v) is 10.9. The topological polar surface area (TPSA) is 96.9 Å². The van der Waals surface area contributed by atoms with Gasteiger partial charge in [-0.05, 0) is 31.6 Å². The molecule has 27 heavy (non-hydrogen) atoms. The lowest BCUT2D eigenvalue weighted by Crippen LogP contribution is -2.45. The largest absolute Gasteiger partial charge is 0.464 e. The van der Waals surface area contributed by atoms with E-state index in [1.165, 1.54) is 19.2 Å². The Morgan fingerprint density at radius 1 is 1.19 bits per heavy atom. The molecule has 1 aliphatic heterocycles. The van der Waals surface area contributed by atoms with Crippen LogP contribution in [-0.2, 0) is 14.6 Å². The molecule has 0 spiro atoms. The van der Waals surface area contributed by atoms with Crippen LogP contribution in [0.4, 0.5) is 0 Å². The van der Waals surface area contributed by atoms with Crippen molar-refractivity contribution in [2.45, 2.75) is 26.3 Å². The number of rotatable bonds is 8. The zero-order valence-corrected chi connectivity index (χ0v) is 16.9. The highest BCUT2D eigenvalue weighted by molar-refractivity contribution is 7.91. The molecule has 2 heterocycles. The van der Waals surface area contributed by atoms with E-state index in [1.54, 1.807) is 11.0 Å². The Labute approximate surface area is 160 Å². The molecule has 0 unspecified atom stereocenters. The molecule has 0 aliphatic carbocycles. The smallest absolute Gasteiger partial charge is 0.356 e. The predicted octanol–water partition coefficient (Wildman–Crippen LogP) is 0.839. The standard InChI is InChI=1S/C18H27N3O5S/c1-4-20(5-2)10-11-21(14-9-12-27(24,25)13-14)17(22)15-7-6-8-16(19-15)18(23)26-3/h6-8,14H,4-5,9-13H2,1-3H3/t14-/m0/s1. The summed E-state index contributed by atoms with van der Waals surface area (Å²) in [7, 11) is -1.89. The fourth-order valence-corrected chi connectivity index (χ4v) is 4.91. The van der Waals surface area contributed by atoms with Crippen molar-refractivity contribution < 1.29 is 22.7 Å². The average molecular weight is 397 g/mol. The van der Waals surface area contributed by atoms with E-state index < -0.39 is 15.8 Å². The molecule has 1 aliphatic rings. The molecule has 0 N–H and O–H groups in total. The molecule has 1 fully saturated rings. The molecule has 0 saturated carbocycles. The van der Waals surface area contributed by atoms with Gasteiger partial charge in [-0.15, -0.1) is 0 Å². The van der Waals surface area contributed by atoms with Crippen LogP contribution in [0.25, 0.3) is 0 Å². The molecular formula is C18H27N3O5S. The molecule has 0 radical (unpaired) electrons. The van der Waals surface area contributed by atoms with Gasteiger partial charge in [0, 0.05) is 19.1 Å². The first kappa shape index (κ1) is 21.3. The van der Waals surface area contributed by atoms with Crippen LogP contribution in [0.5, 0.6) is 0 Å². The van der Waals surface area contributed by atoms with E-state index in [4.69, 9.17) is 0 Å². The summed E-state index contributed by atoms with van der Waals surface area (Å²) < 4.78 is 28.5. The van der Waals surface area contributed by atoms with E-state index in [-0.39, 0.29) is 34.8 Å². The minimum absolute atomic E-state index is 0.0340. The zero-order valence-electron chi connectivity index (χ0n) is 16.1. The van der Waals surface area contributed by atoms with Gasteiger partial charge in [-0.1, -0.05) is 19.9 Å². The quantitative estimate of drug-likeness (QED) is 0.600. The number of ether oxygens (including phenoxy) is 1. The lowest BCUT2D eigenvalue weighted by molar-refractivity contribution is 0.0593. The minimum atomic E-state index is -3.13. The van der Waals surface area contributed by atoms with Crippen LogP contribution in [0.3, 0.4) is 0 Å². The van der Waals surface area contributed by atoms with Crippen LogP contribution in [0.2, 0.25) is 0 Å². The van der Waals surface area contributed by atoms with E-state index in [0.717, 1.165) is 13.1 Å². The zero-order chi connectivity index (χ0) is 20.0. The normalized spacial score (nSPS) is 18.4. The van der Waals surface area contributed by atoms with Gasteiger partial charge in [0.15, 0.2) is 9.84 Å². The number of hydrogen-bond acceptors (Lipinski definition) is 7. The van der Waals surface area contributed by atoms with Gasteiger partial charge >= 0.3 is 5.97 Å². The molecule has 0 bridgehead atoms. The Bertz CT molecular complexity index is 777. The van der Waals surface area contributed by atoms with Crippen molar-refractivity contribution in [1.82, 2.24) is 14.8 Å². The lowest BCUT2D eigenvalue weighted by atomic mass is 10.2. The second-order valence-electron chi connectivity index (χ2n) is 6.48. The van der Waals surface area contributed by atoms with E-state index in [2.05, 4.69) is 14.6 Å². The molecule has 1 aromatic rings. The summed E-state index contributed by atoms with van der Waals surface area (Å²) in [5.41, 5.74) is 0.160. The molecule has 0 aromatic carbocycles. The van der Waals surface area contributed by atoms with E-state index in [9.17, 15) is 18.0 Å². The highest BCUT2D eigenvalue weighted by atomic mass is 32.2. The highest BCUT2D eigenvalue weighted by Crippen LogP contribution is 2.20. The second-order valence-corrected chi connectivity index (χ2v) is 8.71. The van der Waals surface area contributed by atoms with Gasteiger partial charge in [-0.2, -0.15) is 0 Å². The Hall–Kier alpha value is -2.00. The number of amides is 1. The minimum Gasteiger partial charge on any atom is -0.464 e. The molecule has 8 nitrogen and oxygen atoms in total. The van der Waals surface area contributed by atoms with Crippen LogP contribution in [-0.4, -0.2) is 85.9 Å². The number of carbonyl (C=O) groups excluding carboxylic acids is 2. The second kappa shape index (κ2) is 9.27. The molecule has 1 saturated heterocycles. The molecule has 9 heteroatoms. The summed E-state index contributed by atoms with van der Waals surface area (Å²) >= 11 is 0. The van der Waals surface area contributed by atoms with Gasteiger partial charge in [0.05, 0.1) is 18.6 Å². The summed E-state index contributed by atoms with van der Waals surface area (Å²) in [4.78, 5) is 32.7. The maximum atomic E-state index is 13.1. The van der Waals surface area contributed by atoms with Gasteiger partial charge in [0.1, 0.15) is 11.4 Å². The number of sulfone groups is 1. The number of nitrogens with zero attached hydrogens (tertiary/aromatic N) is 3. The first-order valence-electron chi connectivity index (χ1n) is 9.10. The molecule has 150 valence electrons. The molecule has 1 atom stereocenters. The van der Waals surface area contributed by atoms with Crippen molar-refractivity contribution in [2.24, 2.45) is 0 Å². The van der Waals surface area contributed by atoms with Gasteiger partial charge in [0.25, 0.3) is 5.91 Å². The van der Waals surface area contributed by atoms with Crippen molar-refractivity contribution in [1.29, 1.82) is 0 Å². The first-order chi connectivity index (χ1) is 12.8. The maximum absolute atomic E-state index is 13.1. The van der Waals surface area contributed by atoms with E-state index in [0.29, 0.717) is 19.5 Å². The Balaban J connectivity index is 2.26. The molecular weight excluding hydrogens is 370 g/mol. The molecule has 1 aromatic heterocycles. The van der Waals surface area contributed by atoms with E-state index >= 15 is 0 Å². The summed E-state index contributed by atoms with van der Waals surface area (Å²) in [6.07, 6.45) is 0.420. The third kappa shape index (κ3) is 5.49. The number of likely N-dealkylation sites (N-methyl/N-ethyl adjacent to an activating group) is 1. The summed E-state index contributed by atoms with van der Waals surface area (Å²) in [6, 6.07) is 4.20. The van der Waals surface area contributed by atoms with Gasteiger partial charge < -0.3 is 14.5 Å². The Morgan fingerprint density at radius 2 is 1.85 bits per heavy atom. The van der Waals surface area contributed by atoms with Gasteiger partial charge in [0.2, 0.25) is 0 Å². The third-order valence-electron chi connectivity index (χ3n) is 4.82. The Kier molecular flexibility index (Phi) is 7.32. The number of pyridine rings is 1. The van der Waals surface area contributed by atoms with Crippen LogP contribution < -0.4 is 0 Å². The maximum Gasteiger partial charge on any atom is 0.356 e. The predicted molar refractivity (Wildman–Crippen MR) is 101 cm³/mol. The monoisotopic (exact) mass is 397 g/mol. The van der Waals surface area contributed by atoms with Crippen LogP contribution in [0, 0.1) is 0 Å². The van der Waals surface area contributed by atoms with Gasteiger partial charge in [-0.3, -0.25) is 4.79 Å². The number of esters is 1. The van der Waals surface area contributed by atoms with E-state index in [1.807, 2.05) is 13.8 Å². The fraction of sp³-hybridized carbons (Fsp3) is 0.611. The number of carbonyl (C=O) groups is 2. The summed E-state index contributed by atoms with van der Waals surface area (Å²) in [6.45, 7) is 6.82.